The zero-order valence-corrected chi connectivity index (χ0v) is 15.2. The first kappa shape index (κ1) is 20.9. The molecule has 2 aromatic rings. The molecule has 0 saturated carbocycles. The molecule has 0 aliphatic carbocycles. The van der Waals surface area contributed by atoms with E-state index < -0.39 is 18.5 Å². The number of esters is 1. The maximum Gasteiger partial charge on any atom is 0.387 e. The minimum Gasteiger partial charge on any atom is -0.497 e. The van der Waals surface area contributed by atoms with Crippen LogP contribution in [0.2, 0.25) is 0 Å². The van der Waals surface area contributed by atoms with Crippen LogP contribution in [-0.2, 0) is 16.1 Å². The number of hydrogen-bond acceptors (Lipinski definition) is 6. The van der Waals surface area contributed by atoms with E-state index in [9.17, 15) is 18.4 Å². The van der Waals surface area contributed by atoms with E-state index in [4.69, 9.17) is 14.2 Å². The monoisotopic (exact) mass is 395 g/mol. The van der Waals surface area contributed by atoms with Gasteiger partial charge in [-0.05, 0) is 35.9 Å². The molecule has 0 heterocycles. The highest BCUT2D eigenvalue weighted by atomic mass is 19.3. The molecule has 150 valence electrons. The Balaban J connectivity index is 1.85. The van der Waals surface area contributed by atoms with Gasteiger partial charge in [-0.1, -0.05) is 12.1 Å². The smallest absolute Gasteiger partial charge is 0.387 e. The number of carbonyl (C=O) groups is 2. The van der Waals surface area contributed by atoms with E-state index in [2.05, 4.69) is 10.1 Å². The van der Waals surface area contributed by atoms with Gasteiger partial charge in [0.2, 0.25) is 0 Å². The van der Waals surface area contributed by atoms with E-state index in [0.29, 0.717) is 16.9 Å². The number of rotatable bonds is 9. The fraction of sp³-hybridized carbons (Fsp3) is 0.263. The summed E-state index contributed by atoms with van der Waals surface area (Å²) in [6, 6.07) is 10.6. The molecule has 2 aromatic carbocycles. The number of ether oxygens (including phenoxy) is 4. The number of nitrogens with one attached hydrogen (secondary N) is 1. The van der Waals surface area contributed by atoms with Gasteiger partial charge in [0.05, 0.1) is 14.2 Å². The van der Waals surface area contributed by atoms with Crippen molar-refractivity contribution < 1.29 is 37.3 Å². The lowest BCUT2D eigenvalue weighted by atomic mass is 10.2. The Morgan fingerprint density at radius 3 is 2.50 bits per heavy atom. The van der Waals surface area contributed by atoms with Gasteiger partial charge in [-0.2, -0.15) is 8.78 Å². The van der Waals surface area contributed by atoms with Crippen LogP contribution in [0.1, 0.15) is 15.9 Å². The zero-order chi connectivity index (χ0) is 20.5. The lowest BCUT2D eigenvalue weighted by molar-refractivity contribution is -0.143. The van der Waals surface area contributed by atoms with Crippen LogP contribution in [0.15, 0.2) is 42.5 Å². The Bertz CT molecular complexity index is 828. The van der Waals surface area contributed by atoms with Crippen molar-refractivity contribution in [1.82, 2.24) is 5.32 Å². The molecule has 7 nitrogen and oxygen atoms in total. The third kappa shape index (κ3) is 6.11. The Labute approximate surface area is 160 Å². The van der Waals surface area contributed by atoms with E-state index in [1.54, 1.807) is 18.2 Å². The van der Waals surface area contributed by atoms with Crippen molar-refractivity contribution in [2.24, 2.45) is 0 Å². The molecule has 0 atom stereocenters. The maximum absolute atomic E-state index is 12.3. The second-order valence-electron chi connectivity index (χ2n) is 5.44. The zero-order valence-electron chi connectivity index (χ0n) is 15.2. The minimum absolute atomic E-state index is 0.0835. The lowest BCUT2D eigenvalue weighted by Crippen LogP contribution is -2.30. The van der Waals surface area contributed by atoms with Gasteiger partial charge in [0.1, 0.15) is 18.9 Å². The molecule has 0 radical (unpaired) electrons. The molecule has 0 spiro atoms. The summed E-state index contributed by atoms with van der Waals surface area (Å²) in [7, 11) is 2.78. The first-order chi connectivity index (χ1) is 13.4. The molecule has 0 aliphatic heterocycles. The van der Waals surface area contributed by atoms with Gasteiger partial charge >= 0.3 is 12.6 Å². The fourth-order valence-corrected chi connectivity index (χ4v) is 2.23. The molecular weight excluding hydrogens is 376 g/mol. The van der Waals surface area contributed by atoms with Gasteiger partial charge in [0, 0.05) is 5.56 Å². The van der Waals surface area contributed by atoms with Gasteiger partial charge in [0.15, 0.2) is 11.5 Å². The number of carbonyl (C=O) groups excluding carboxylic acids is 2. The summed E-state index contributed by atoms with van der Waals surface area (Å²) in [5.74, 6) is -0.643. The minimum atomic E-state index is -2.98. The van der Waals surface area contributed by atoms with Crippen LogP contribution in [-0.4, -0.2) is 39.3 Å². The molecule has 2 rings (SSSR count). The highest BCUT2D eigenvalue weighted by Crippen LogP contribution is 2.29. The summed E-state index contributed by atoms with van der Waals surface area (Å²) in [4.78, 5) is 23.9. The lowest BCUT2D eigenvalue weighted by Gasteiger charge is -2.12. The summed E-state index contributed by atoms with van der Waals surface area (Å²) < 4.78 is 44.0. The van der Waals surface area contributed by atoms with E-state index in [1.807, 2.05) is 0 Å². The number of hydrogen-bond donors (Lipinski definition) is 1. The van der Waals surface area contributed by atoms with Gasteiger partial charge in [-0.15, -0.1) is 0 Å². The highest BCUT2D eigenvalue weighted by molar-refractivity contribution is 5.96. The topological polar surface area (TPSA) is 83.1 Å². The Morgan fingerprint density at radius 1 is 1.04 bits per heavy atom. The Morgan fingerprint density at radius 2 is 1.82 bits per heavy atom. The van der Waals surface area contributed by atoms with Crippen molar-refractivity contribution in [1.29, 1.82) is 0 Å². The van der Waals surface area contributed by atoms with Crippen molar-refractivity contribution in [3.8, 4) is 17.2 Å². The number of alkyl halides is 2. The molecule has 0 aliphatic rings. The summed E-state index contributed by atoms with van der Waals surface area (Å²) in [6.45, 7) is -3.44. The van der Waals surface area contributed by atoms with Gasteiger partial charge in [0.25, 0.3) is 5.91 Å². The first-order valence-electron chi connectivity index (χ1n) is 8.12. The quantitative estimate of drug-likeness (QED) is 0.658. The average Bonchev–Trinajstić information content (AvgIpc) is 2.70. The van der Waals surface area contributed by atoms with Gasteiger partial charge in [-0.3, -0.25) is 9.59 Å². The standard InChI is InChI=1S/C19H19F2NO6/c1-25-14-5-3-4-13(9-14)18(24)22-10-17(23)27-11-12-6-7-15(28-19(20)21)16(8-12)26-2/h3-9,19H,10-11H2,1-2H3,(H,22,24). The predicted octanol–water partition coefficient (Wildman–Crippen LogP) is 2.78. The predicted molar refractivity (Wildman–Crippen MR) is 94.7 cm³/mol. The normalized spacial score (nSPS) is 10.3. The molecule has 0 aromatic heterocycles. The molecule has 0 fully saturated rings. The number of benzene rings is 2. The molecule has 0 bridgehead atoms. The molecule has 0 unspecified atom stereocenters. The van der Waals surface area contributed by atoms with Gasteiger partial charge in [-0.25, -0.2) is 0 Å². The SMILES string of the molecule is COc1cccc(C(=O)NCC(=O)OCc2ccc(OC(F)F)c(OC)c2)c1. The summed E-state index contributed by atoms with van der Waals surface area (Å²) >= 11 is 0. The largest absolute Gasteiger partial charge is 0.497 e. The van der Waals surface area contributed by atoms with Crippen molar-refractivity contribution in [2.45, 2.75) is 13.2 Å². The first-order valence-corrected chi connectivity index (χ1v) is 8.12. The molecule has 28 heavy (non-hydrogen) atoms. The van der Waals surface area contributed by atoms with Crippen LogP contribution in [0.3, 0.4) is 0 Å². The van der Waals surface area contributed by atoms with Gasteiger partial charge < -0.3 is 24.3 Å². The van der Waals surface area contributed by atoms with E-state index in [0.717, 1.165) is 0 Å². The van der Waals surface area contributed by atoms with Crippen molar-refractivity contribution in [3.05, 3.63) is 53.6 Å². The summed E-state index contributed by atoms with van der Waals surface area (Å²) in [5, 5.41) is 2.44. The Kier molecular flexibility index (Phi) is 7.55. The van der Waals surface area contributed by atoms with Crippen LogP contribution in [0, 0.1) is 0 Å². The van der Waals surface area contributed by atoms with E-state index in [-0.39, 0.29) is 24.7 Å². The van der Waals surface area contributed by atoms with Crippen LogP contribution in [0.4, 0.5) is 8.78 Å². The Hall–Kier alpha value is -3.36. The third-order valence-corrected chi connectivity index (χ3v) is 3.57. The molecule has 1 amide bonds. The summed E-state index contributed by atoms with van der Waals surface area (Å²) in [5.41, 5.74) is 0.845. The third-order valence-electron chi connectivity index (χ3n) is 3.57. The van der Waals surface area contributed by atoms with Crippen LogP contribution in [0.5, 0.6) is 17.2 Å². The van der Waals surface area contributed by atoms with Crippen LogP contribution >= 0.6 is 0 Å². The van der Waals surface area contributed by atoms with Crippen LogP contribution < -0.4 is 19.5 Å². The number of amides is 1. The highest BCUT2D eigenvalue weighted by Gasteiger charge is 2.13. The molecule has 0 saturated heterocycles. The average molecular weight is 395 g/mol. The number of halogens is 2. The molecule has 9 heteroatoms. The number of methoxy groups -OCH3 is 2. The van der Waals surface area contributed by atoms with E-state index in [1.165, 1.54) is 38.5 Å². The van der Waals surface area contributed by atoms with Crippen LogP contribution in [0.25, 0.3) is 0 Å². The van der Waals surface area contributed by atoms with Crippen molar-refractivity contribution in [2.75, 3.05) is 20.8 Å². The molecule has 1 N–H and O–H groups in total. The maximum atomic E-state index is 12.3. The fourth-order valence-electron chi connectivity index (χ4n) is 2.23. The van der Waals surface area contributed by atoms with Crippen molar-refractivity contribution in [3.63, 3.8) is 0 Å². The van der Waals surface area contributed by atoms with E-state index >= 15 is 0 Å². The molecular formula is C19H19F2NO6. The van der Waals surface area contributed by atoms with Crippen molar-refractivity contribution >= 4 is 11.9 Å². The summed E-state index contributed by atoms with van der Waals surface area (Å²) in [6.07, 6.45) is 0. The second kappa shape index (κ2) is 10.1. The second-order valence-corrected chi connectivity index (χ2v) is 5.44.